The summed E-state index contributed by atoms with van der Waals surface area (Å²) in [6, 6.07) is 15.2. The molecule has 2 aromatic rings. The highest BCUT2D eigenvalue weighted by molar-refractivity contribution is 5.29. The van der Waals surface area contributed by atoms with Crippen molar-refractivity contribution < 1.29 is 13.5 Å². The van der Waals surface area contributed by atoms with Gasteiger partial charge in [0.2, 0.25) is 0 Å². The molecule has 134 valence electrons. The van der Waals surface area contributed by atoms with Crippen LogP contribution in [-0.4, -0.2) is 6.11 Å². The zero-order valence-corrected chi connectivity index (χ0v) is 15.7. The van der Waals surface area contributed by atoms with Gasteiger partial charge in [0.1, 0.15) is 5.75 Å². The number of alkyl halides is 2. The quantitative estimate of drug-likeness (QED) is 0.582. The summed E-state index contributed by atoms with van der Waals surface area (Å²) in [5.41, 5.74) is 3.63. The lowest BCUT2D eigenvalue weighted by Crippen LogP contribution is -2.18. The fourth-order valence-electron chi connectivity index (χ4n) is 1.97. The summed E-state index contributed by atoms with van der Waals surface area (Å²) in [5, 5.41) is 0. The van der Waals surface area contributed by atoms with Gasteiger partial charge in [-0.3, -0.25) is 0 Å². The number of hydrogen-bond acceptors (Lipinski definition) is 1. The zero-order valence-electron chi connectivity index (χ0n) is 15.7. The first kappa shape index (κ1) is 22.1. The Morgan fingerprint density at radius 1 is 0.750 bits per heavy atom. The van der Waals surface area contributed by atoms with E-state index < -0.39 is 6.11 Å². The topological polar surface area (TPSA) is 9.23 Å². The Morgan fingerprint density at radius 3 is 1.50 bits per heavy atom. The molecule has 0 heterocycles. The molecule has 3 heteroatoms. The van der Waals surface area contributed by atoms with Gasteiger partial charge < -0.3 is 4.74 Å². The fourth-order valence-corrected chi connectivity index (χ4v) is 1.97. The van der Waals surface area contributed by atoms with E-state index in [0.29, 0.717) is 0 Å². The fraction of sp³-hybridized carbons (Fsp3) is 0.429. The van der Waals surface area contributed by atoms with E-state index in [1.165, 1.54) is 11.1 Å². The molecular formula is C21H30F2O. The molecular weight excluding hydrogens is 306 g/mol. The lowest BCUT2D eigenvalue weighted by Gasteiger charge is -2.13. The SMILES string of the molecule is CC.CC.Cc1ccc(CCc2ccc(OC(C)(F)F)cc2)cc1. The summed E-state index contributed by atoms with van der Waals surface area (Å²) in [6.45, 7) is 10.8. The van der Waals surface area contributed by atoms with E-state index in [0.717, 1.165) is 25.3 Å². The predicted molar refractivity (Wildman–Crippen MR) is 99.0 cm³/mol. The van der Waals surface area contributed by atoms with E-state index in [-0.39, 0.29) is 5.75 Å². The molecule has 0 fully saturated rings. The van der Waals surface area contributed by atoms with Crippen LogP contribution in [0.4, 0.5) is 8.78 Å². The van der Waals surface area contributed by atoms with Crippen LogP contribution < -0.4 is 4.74 Å². The molecule has 0 aliphatic heterocycles. The van der Waals surface area contributed by atoms with Crippen molar-refractivity contribution in [2.45, 2.75) is 60.5 Å². The number of halogens is 2. The second kappa shape index (κ2) is 11.6. The van der Waals surface area contributed by atoms with Gasteiger partial charge in [0, 0.05) is 6.92 Å². The van der Waals surface area contributed by atoms with Gasteiger partial charge in [-0.25, -0.2) is 0 Å². The van der Waals surface area contributed by atoms with Gasteiger partial charge in [0.15, 0.2) is 0 Å². The van der Waals surface area contributed by atoms with Gasteiger partial charge in [0.25, 0.3) is 0 Å². The van der Waals surface area contributed by atoms with Crippen LogP contribution in [-0.2, 0) is 12.8 Å². The molecule has 1 nitrogen and oxygen atoms in total. The van der Waals surface area contributed by atoms with Crippen molar-refractivity contribution >= 4 is 0 Å². The minimum Gasteiger partial charge on any atom is -0.433 e. The van der Waals surface area contributed by atoms with Crippen LogP contribution in [0.3, 0.4) is 0 Å². The van der Waals surface area contributed by atoms with Crippen LogP contribution in [0.15, 0.2) is 48.5 Å². The Labute approximate surface area is 145 Å². The Balaban J connectivity index is 0.00000123. The number of rotatable bonds is 5. The third-order valence-electron chi connectivity index (χ3n) is 3.04. The summed E-state index contributed by atoms with van der Waals surface area (Å²) in [4.78, 5) is 0. The molecule has 0 N–H and O–H groups in total. The molecule has 0 radical (unpaired) electrons. The second-order valence-electron chi connectivity index (χ2n) is 5.04. The maximum Gasteiger partial charge on any atom is 0.394 e. The van der Waals surface area contributed by atoms with Crippen LogP contribution >= 0.6 is 0 Å². The van der Waals surface area contributed by atoms with Crippen molar-refractivity contribution in [1.82, 2.24) is 0 Å². The van der Waals surface area contributed by atoms with Crippen molar-refractivity contribution in [3.8, 4) is 5.75 Å². The van der Waals surface area contributed by atoms with Gasteiger partial charge in [-0.15, -0.1) is 0 Å². The van der Waals surface area contributed by atoms with Gasteiger partial charge in [-0.1, -0.05) is 69.7 Å². The molecule has 0 bridgehead atoms. The van der Waals surface area contributed by atoms with Crippen molar-refractivity contribution in [3.05, 3.63) is 65.2 Å². The normalized spacial score (nSPS) is 10.0. The molecule has 0 aliphatic rings. The number of aryl methyl sites for hydroxylation is 3. The Hall–Kier alpha value is -1.90. The van der Waals surface area contributed by atoms with E-state index in [4.69, 9.17) is 0 Å². The molecule has 0 saturated heterocycles. The van der Waals surface area contributed by atoms with Crippen molar-refractivity contribution in [2.24, 2.45) is 0 Å². The lowest BCUT2D eigenvalue weighted by atomic mass is 10.0. The molecule has 0 saturated carbocycles. The smallest absolute Gasteiger partial charge is 0.394 e. The van der Waals surface area contributed by atoms with Crippen molar-refractivity contribution in [3.63, 3.8) is 0 Å². The number of ether oxygens (including phenoxy) is 1. The molecule has 0 atom stereocenters. The average Bonchev–Trinajstić information content (AvgIpc) is 2.58. The minimum atomic E-state index is -3.14. The largest absolute Gasteiger partial charge is 0.433 e. The molecule has 0 spiro atoms. The standard InChI is InChI=1S/C17H18F2O.2C2H6/c1-13-3-5-14(6-4-13)7-8-15-9-11-16(12-10-15)20-17(2,18)19;2*1-2/h3-6,9-12H,7-8H2,1-2H3;2*1-2H3. The van der Waals surface area contributed by atoms with Crippen LogP contribution in [0.1, 0.15) is 51.3 Å². The summed E-state index contributed by atoms with van der Waals surface area (Å²) < 4.78 is 29.9. The molecule has 0 unspecified atom stereocenters. The summed E-state index contributed by atoms with van der Waals surface area (Å²) in [6.07, 6.45) is -1.32. The monoisotopic (exact) mass is 336 g/mol. The lowest BCUT2D eigenvalue weighted by molar-refractivity contribution is -0.158. The van der Waals surface area contributed by atoms with E-state index in [2.05, 4.69) is 35.9 Å². The molecule has 0 aliphatic carbocycles. The maximum atomic E-state index is 12.7. The molecule has 2 rings (SSSR count). The van der Waals surface area contributed by atoms with Crippen LogP contribution in [0, 0.1) is 6.92 Å². The second-order valence-corrected chi connectivity index (χ2v) is 5.04. The van der Waals surface area contributed by atoms with Gasteiger partial charge in [-0.05, 0) is 43.0 Å². The van der Waals surface area contributed by atoms with Gasteiger partial charge in [0.05, 0.1) is 0 Å². The highest BCUT2D eigenvalue weighted by Crippen LogP contribution is 2.21. The number of hydrogen-bond donors (Lipinski definition) is 0. The van der Waals surface area contributed by atoms with E-state index in [1.54, 1.807) is 12.1 Å². The summed E-state index contributed by atoms with van der Waals surface area (Å²) >= 11 is 0. The number of benzene rings is 2. The van der Waals surface area contributed by atoms with Crippen molar-refractivity contribution in [2.75, 3.05) is 0 Å². The van der Waals surface area contributed by atoms with E-state index >= 15 is 0 Å². The van der Waals surface area contributed by atoms with Gasteiger partial charge in [-0.2, -0.15) is 8.78 Å². The minimum absolute atomic E-state index is 0.191. The van der Waals surface area contributed by atoms with E-state index in [1.807, 2.05) is 39.8 Å². The van der Waals surface area contributed by atoms with Crippen LogP contribution in [0.25, 0.3) is 0 Å². The first-order valence-corrected chi connectivity index (χ1v) is 8.64. The highest BCUT2D eigenvalue weighted by atomic mass is 19.3. The molecule has 24 heavy (non-hydrogen) atoms. The first-order valence-electron chi connectivity index (χ1n) is 8.64. The molecule has 0 aromatic heterocycles. The molecule has 0 amide bonds. The average molecular weight is 336 g/mol. The third kappa shape index (κ3) is 9.29. The predicted octanol–water partition coefficient (Wildman–Crippen LogP) is 6.82. The Bertz CT molecular complexity index is 540. The van der Waals surface area contributed by atoms with Crippen molar-refractivity contribution in [1.29, 1.82) is 0 Å². The van der Waals surface area contributed by atoms with Crippen LogP contribution in [0.2, 0.25) is 0 Å². The Morgan fingerprint density at radius 2 is 1.12 bits per heavy atom. The van der Waals surface area contributed by atoms with Crippen LogP contribution in [0.5, 0.6) is 5.75 Å². The first-order chi connectivity index (χ1) is 11.4. The zero-order chi connectivity index (χ0) is 18.6. The Kier molecular flexibility index (Phi) is 10.7. The maximum absolute atomic E-state index is 12.7. The summed E-state index contributed by atoms with van der Waals surface area (Å²) in [7, 11) is 0. The summed E-state index contributed by atoms with van der Waals surface area (Å²) in [5.74, 6) is 0.191. The third-order valence-corrected chi connectivity index (χ3v) is 3.04. The van der Waals surface area contributed by atoms with Gasteiger partial charge >= 0.3 is 6.11 Å². The molecule has 2 aromatic carbocycles. The highest BCUT2D eigenvalue weighted by Gasteiger charge is 2.22. The van der Waals surface area contributed by atoms with E-state index in [9.17, 15) is 8.78 Å².